The van der Waals surface area contributed by atoms with Crippen molar-refractivity contribution in [2.75, 3.05) is 13.2 Å². The smallest absolute Gasteiger partial charge is 0.335 e. The molecule has 7 aromatic rings. The van der Waals surface area contributed by atoms with E-state index in [1.54, 1.807) is 6.92 Å². The third-order valence-corrected chi connectivity index (χ3v) is 22.5. The van der Waals surface area contributed by atoms with Crippen LogP contribution in [0.1, 0.15) is 102 Å². The molecule has 9 aliphatic rings. The maximum Gasteiger partial charge on any atom is 0.335 e. The van der Waals surface area contributed by atoms with Gasteiger partial charge >= 0.3 is 11.9 Å². The Morgan fingerprint density at radius 3 is 1.72 bits per heavy atom. The molecule has 0 saturated carbocycles. The fraction of sp³-hybridized carbons (Fsp3) is 0.366. The number of hydrogen-bond acceptors (Lipinski definition) is 33. The van der Waals surface area contributed by atoms with Crippen LogP contribution in [-0.4, -0.2) is 253 Å². The van der Waals surface area contributed by atoms with Crippen molar-refractivity contribution in [3.63, 3.8) is 0 Å². The Morgan fingerprint density at radius 1 is 0.504 bits per heavy atom. The number of carboxylic acid groups (broad SMARTS) is 2. The third-order valence-electron chi connectivity index (χ3n) is 21.9. The number of amides is 8. The molecule has 23 atom stereocenters. The first kappa shape index (κ1) is 90.7. The van der Waals surface area contributed by atoms with Crippen LogP contribution in [-0.2, 0) is 73.3 Å². The molecular formula is C82H83Cl2N9O34. The maximum absolute atomic E-state index is 16.9. The second-order valence-electron chi connectivity index (χ2n) is 30.6. The summed E-state index contributed by atoms with van der Waals surface area (Å²) in [5, 5.41) is 188. The van der Waals surface area contributed by atoms with Gasteiger partial charge in [0, 0.05) is 48.6 Å². The molecule has 9 heterocycles. The van der Waals surface area contributed by atoms with E-state index < -0.39 is 321 Å². The number of aliphatic hydroxyl groups is 9. The highest BCUT2D eigenvalue weighted by Gasteiger charge is 2.53. The monoisotopic (exact) mass is 1810 g/mol. The second-order valence-corrected chi connectivity index (χ2v) is 31.4. The molecule has 7 aromatic carbocycles. The molecule has 0 spiro atoms. The number of carbonyl (C=O) groups excluding carboxylic acids is 8. The van der Waals surface area contributed by atoms with Crippen LogP contribution >= 0.6 is 23.2 Å². The third kappa shape index (κ3) is 18.7. The Hall–Kier alpha value is -12.5. The van der Waals surface area contributed by atoms with E-state index in [1.807, 2.05) is 0 Å². The standard InChI is InChI=1S/C82H83Cl2N9O34/c1-3-4-52(101)88-60-65(105)67(107)71(79(117)118)127-81(60)126-70-48-20-33-21-49(70)121-45-12-8-31(18-40(45)84)69(125-80-59(86-27(2)96)64(104)62(102)50(25-94)123-80)61-77(114)92-58(78(115)116)38-23-35(98)24-47(122-82-68(108)66(106)63(103)51(26-95)124-82)53(38)37-17-30(7-9-42(37)99)55(74(111)93-61)90-76(113)57(33)91-75(112)56-32-15-34(97)22-36(16-32)119-46-19-29(6-10-43(46)100)54(85)73(110)87-41(72(109)89-56)14-28-5-11-44(120-48)39(83)13-28/h5-13,15-24,41,50-51,54-69,71,80-82,94-95,97-100,102-108H,3-4,14,25-26,85H2,1-2H3,(H,86,96)(H,87,110)(H,88,101)(H,89,109)(H,90,113)(H,91,112)(H,92,114)(H,93,111)(H,115,116)(H,117,118)/t41-,50-,51-,54-,55-,56+,57-,58+,59-,60-,61+,62-,63-,64-,65-,66+,67+,68+,69-,71+,80+,81-,82+/m1/s1. The molecule has 0 radical (unpaired) electrons. The predicted molar refractivity (Wildman–Crippen MR) is 426 cm³/mol. The Balaban J connectivity index is 1.06. The van der Waals surface area contributed by atoms with Gasteiger partial charge in [-0.15, -0.1) is 0 Å². The van der Waals surface area contributed by atoms with Crippen molar-refractivity contribution >= 4 is 82.4 Å². The van der Waals surface area contributed by atoms with Gasteiger partial charge in [0.2, 0.25) is 65.6 Å². The highest BCUT2D eigenvalue weighted by atomic mass is 35.5. The Bertz CT molecular complexity index is 5520. The molecule has 43 nitrogen and oxygen atoms in total. The average Bonchev–Trinajstić information content (AvgIpc) is 0.744. The first-order valence-corrected chi connectivity index (χ1v) is 39.8. The van der Waals surface area contributed by atoms with E-state index in [9.17, 15) is 101 Å². The SMILES string of the molecule is CCCC(=O)N[C@H]1[C@H](Oc2c3cc4cc2Oc2ccc(cc2Cl)[C@@H](O[C@@H]2O[C@H](CO)[C@@H](O)[C@H](O)[C@H]2NC(C)=O)[C@@H]2NC(=O)[C@H](NC(=O)[C@@H]4NC(=O)[C@H]4NC(=O)[C@@H](Cc5ccc(c(Cl)c5)O3)NC(=O)[C@H](N)c3ccc(O)c(c3)Oc3cc(O)cc4c3)c3ccc(O)c(c3)-c3c(O[C@H]4O[C@H](CO)[C@@H](O)[C@H](O)[C@@H]4O)cc(O)cc3[C@@H](C(=O)O)NC2=O)O[C@H](C(=O)O)[C@@H](O)[C@@H]1O. The van der Waals surface area contributed by atoms with Crippen molar-refractivity contribution in [3.05, 3.63) is 164 Å². The number of benzene rings is 7. The highest BCUT2D eigenvalue weighted by Crippen LogP contribution is 2.51. The summed E-state index contributed by atoms with van der Waals surface area (Å²) in [7, 11) is 0. The lowest BCUT2D eigenvalue weighted by Gasteiger charge is -2.44. The summed E-state index contributed by atoms with van der Waals surface area (Å²) in [5.74, 6) is -22.4. The number of fused-ring (bicyclic) bond motifs is 14. The summed E-state index contributed by atoms with van der Waals surface area (Å²) in [5.41, 5.74) is 2.49. The van der Waals surface area contributed by atoms with Crippen LogP contribution in [0.3, 0.4) is 0 Å². The van der Waals surface area contributed by atoms with Gasteiger partial charge in [0.25, 0.3) is 0 Å². The van der Waals surface area contributed by atoms with Crippen molar-refractivity contribution < 1.29 is 167 Å². The molecule has 0 unspecified atom stereocenters. The van der Waals surface area contributed by atoms with E-state index in [1.165, 1.54) is 30.3 Å². The molecule has 45 heteroatoms. The van der Waals surface area contributed by atoms with Crippen LogP contribution in [0.2, 0.25) is 10.0 Å². The number of nitrogens with one attached hydrogen (secondary N) is 8. The molecule has 127 heavy (non-hydrogen) atoms. The topological polar surface area (TPSA) is 679 Å². The number of ether oxygens (including phenoxy) is 9. The van der Waals surface area contributed by atoms with Gasteiger partial charge in [0.15, 0.2) is 41.4 Å². The van der Waals surface area contributed by atoms with Gasteiger partial charge in [-0.2, -0.15) is 0 Å². The van der Waals surface area contributed by atoms with Crippen LogP contribution < -0.4 is 72.0 Å². The van der Waals surface area contributed by atoms with Crippen molar-refractivity contribution in [2.45, 2.75) is 174 Å². The fourth-order valence-electron chi connectivity index (χ4n) is 15.5. The van der Waals surface area contributed by atoms with Gasteiger partial charge in [0.1, 0.15) is 150 Å². The van der Waals surface area contributed by atoms with Gasteiger partial charge in [-0.3, -0.25) is 38.4 Å². The van der Waals surface area contributed by atoms with Crippen molar-refractivity contribution in [3.8, 4) is 80.1 Å². The van der Waals surface area contributed by atoms with E-state index in [4.69, 9.17) is 71.6 Å². The number of carboxylic acids is 2. The number of halogens is 2. The quantitative estimate of drug-likeness (QED) is 0.0615. The van der Waals surface area contributed by atoms with Gasteiger partial charge in [-0.25, -0.2) is 9.59 Å². The number of rotatable bonds is 14. The van der Waals surface area contributed by atoms with Crippen molar-refractivity contribution in [1.82, 2.24) is 42.5 Å². The molecule has 8 amide bonds. The number of aliphatic carboxylic acids is 2. The van der Waals surface area contributed by atoms with E-state index in [0.29, 0.717) is 0 Å². The van der Waals surface area contributed by atoms with Crippen LogP contribution in [0.5, 0.6) is 69.0 Å². The van der Waals surface area contributed by atoms with Gasteiger partial charge in [0.05, 0.1) is 23.3 Å². The van der Waals surface area contributed by atoms with Gasteiger partial charge in [-0.05, 0) is 119 Å². The minimum absolute atomic E-state index is 0.00982. The number of carbonyl (C=O) groups is 10. The van der Waals surface area contributed by atoms with Crippen LogP contribution in [0.25, 0.3) is 11.1 Å². The minimum atomic E-state index is -2.61. The first-order valence-electron chi connectivity index (χ1n) is 39.1. The second kappa shape index (κ2) is 37.2. The summed E-state index contributed by atoms with van der Waals surface area (Å²) < 4.78 is 56.5. The zero-order chi connectivity index (χ0) is 91.3. The molecular weight excluding hydrogens is 1730 g/mol. The number of phenolic OH excluding ortho intramolecular Hbond substituents is 4. The van der Waals surface area contributed by atoms with Crippen LogP contribution in [0.4, 0.5) is 0 Å². The molecule has 3 fully saturated rings. The minimum Gasteiger partial charge on any atom is -0.508 e. The Kier molecular flexibility index (Phi) is 26.6. The molecule has 3 saturated heterocycles. The molecule has 16 rings (SSSR count). The van der Waals surface area contributed by atoms with E-state index in [-0.39, 0.29) is 40.5 Å². The number of phenols is 4. The van der Waals surface area contributed by atoms with E-state index in [0.717, 1.165) is 91.9 Å². The van der Waals surface area contributed by atoms with Gasteiger partial charge < -0.3 is 167 Å². The lowest BCUT2D eigenvalue weighted by molar-refractivity contribution is -0.284. The van der Waals surface area contributed by atoms with Crippen LogP contribution in [0, 0.1) is 0 Å². The molecule has 0 aliphatic carbocycles. The Morgan fingerprint density at radius 2 is 1.08 bits per heavy atom. The zero-order valence-electron chi connectivity index (χ0n) is 66.1. The van der Waals surface area contributed by atoms with Gasteiger partial charge in [-0.1, -0.05) is 54.4 Å². The number of aromatic hydroxyl groups is 4. The highest BCUT2D eigenvalue weighted by molar-refractivity contribution is 6.32. The lowest BCUT2D eigenvalue weighted by Crippen LogP contribution is -2.66. The normalized spacial score (nSPS) is 29.5. The Labute approximate surface area is 725 Å². The number of hydrogen-bond donors (Lipinski definition) is 24. The first-order chi connectivity index (χ1) is 60.4. The molecule has 0 aromatic heterocycles. The summed E-state index contributed by atoms with van der Waals surface area (Å²) in [6.07, 6.45) is -31.0. The average molecular weight is 1810 g/mol. The summed E-state index contributed by atoms with van der Waals surface area (Å²) in [6, 6.07) is -0.396. The largest absolute Gasteiger partial charge is 0.508 e. The fourth-order valence-corrected chi connectivity index (χ4v) is 16.0. The maximum atomic E-state index is 16.9. The molecule has 17 bridgehead atoms. The number of nitrogens with two attached hydrogens (primary N) is 1. The molecule has 25 N–H and O–H groups in total. The van der Waals surface area contributed by atoms with Crippen molar-refractivity contribution in [2.24, 2.45) is 5.73 Å². The van der Waals surface area contributed by atoms with Crippen molar-refractivity contribution in [1.29, 1.82) is 0 Å². The number of aliphatic hydroxyl groups excluding tert-OH is 9. The summed E-state index contributed by atoms with van der Waals surface area (Å²) >= 11 is 14.6. The lowest BCUT2D eigenvalue weighted by atomic mass is 9.89. The zero-order valence-corrected chi connectivity index (χ0v) is 67.6. The van der Waals surface area contributed by atoms with Crippen LogP contribution in [0.15, 0.2) is 115 Å². The van der Waals surface area contributed by atoms with E-state index in [2.05, 4.69) is 42.5 Å². The molecule has 9 aliphatic heterocycles. The van der Waals surface area contributed by atoms with E-state index >= 15 is 24.0 Å². The predicted octanol–water partition coefficient (Wildman–Crippen LogP) is -1.08. The molecule has 674 valence electrons. The summed E-state index contributed by atoms with van der Waals surface area (Å²) in [4.78, 5) is 150. The summed E-state index contributed by atoms with van der Waals surface area (Å²) in [6.45, 7) is 0.410.